The van der Waals surface area contributed by atoms with Gasteiger partial charge in [-0.05, 0) is 53.8 Å². The number of benzene rings is 2. The smallest absolute Gasteiger partial charge is 0.254 e. The van der Waals surface area contributed by atoms with Crippen LogP contribution in [0.2, 0.25) is 0 Å². The molecule has 0 saturated heterocycles. The van der Waals surface area contributed by atoms with Crippen molar-refractivity contribution in [3.05, 3.63) is 88.6 Å². The number of amides is 2. The van der Waals surface area contributed by atoms with Gasteiger partial charge in [0.15, 0.2) is 11.5 Å². The lowest BCUT2D eigenvalue weighted by atomic mass is 10.0. The molecule has 0 unspecified atom stereocenters. The molecule has 0 aliphatic carbocycles. The van der Waals surface area contributed by atoms with E-state index in [-0.39, 0.29) is 37.7 Å². The third-order valence-electron chi connectivity index (χ3n) is 6.15. The molecule has 180 valence electrons. The molecule has 0 saturated carbocycles. The van der Waals surface area contributed by atoms with Gasteiger partial charge in [0.1, 0.15) is 18.9 Å². The molecule has 7 nitrogen and oxygen atoms in total. The van der Waals surface area contributed by atoms with E-state index in [4.69, 9.17) is 14.2 Å². The van der Waals surface area contributed by atoms with Crippen molar-refractivity contribution >= 4 is 23.2 Å². The molecule has 1 aromatic heterocycles. The number of hydrogen-bond donors (Lipinski definition) is 0. The molecule has 5 rings (SSSR count). The SMILES string of the molecule is C=CCN(CC(=O)N1CCc2sccc2[C@@H]1COc1ccccc1)C(=O)c1ccc2c(c1)OCO2. The van der Waals surface area contributed by atoms with Crippen molar-refractivity contribution in [1.29, 1.82) is 0 Å². The summed E-state index contributed by atoms with van der Waals surface area (Å²) in [7, 11) is 0. The van der Waals surface area contributed by atoms with Crippen LogP contribution in [0.15, 0.2) is 72.6 Å². The van der Waals surface area contributed by atoms with Crippen LogP contribution in [-0.4, -0.2) is 54.6 Å². The molecule has 0 fully saturated rings. The van der Waals surface area contributed by atoms with Gasteiger partial charge in [-0.2, -0.15) is 0 Å². The zero-order chi connectivity index (χ0) is 24.2. The average Bonchev–Trinajstić information content (AvgIpc) is 3.56. The van der Waals surface area contributed by atoms with Gasteiger partial charge in [0, 0.05) is 23.5 Å². The van der Waals surface area contributed by atoms with Crippen LogP contribution >= 0.6 is 11.3 Å². The second kappa shape index (κ2) is 10.2. The summed E-state index contributed by atoms with van der Waals surface area (Å²) in [4.78, 5) is 31.5. The highest BCUT2D eigenvalue weighted by Crippen LogP contribution is 2.35. The van der Waals surface area contributed by atoms with Crippen molar-refractivity contribution in [2.24, 2.45) is 0 Å². The summed E-state index contributed by atoms with van der Waals surface area (Å²) >= 11 is 1.71. The summed E-state index contributed by atoms with van der Waals surface area (Å²) in [5, 5.41) is 2.06. The molecular formula is C27H26N2O5S. The van der Waals surface area contributed by atoms with E-state index in [1.807, 2.05) is 35.2 Å². The van der Waals surface area contributed by atoms with Gasteiger partial charge in [-0.15, -0.1) is 17.9 Å². The van der Waals surface area contributed by atoms with Gasteiger partial charge < -0.3 is 24.0 Å². The van der Waals surface area contributed by atoms with E-state index in [9.17, 15) is 9.59 Å². The van der Waals surface area contributed by atoms with E-state index >= 15 is 0 Å². The molecule has 0 spiro atoms. The van der Waals surface area contributed by atoms with Gasteiger partial charge in [-0.1, -0.05) is 24.3 Å². The summed E-state index contributed by atoms with van der Waals surface area (Å²) in [6, 6.07) is 16.5. The molecule has 0 N–H and O–H groups in total. The topological polar surface area (TPSA) is 68.3 Å². The number of rotatable bonds is 8. The number of ether oxygens (including phenoxy) is 3. The first-order chi connectivity index (χ1) is 17.1. The fraction of sp³-hybridized carbons (Fsp3) is 0.259. The molecule has 0 bridgehead atoms. The Labute approximate surface area is 208 Å². The summed E-state index contributed by atoms with van der Waals surface area (Å²) in [5.41, 5.74) is 1.55. The summed E-state index contributed by atoms with van der Waals surface area (Å²) in [6.07, 6.45) is 2.42. The summed E-state index contributed by atoms with van der Waals surface area (Å²) in [5.74, 6) is 1.50. The Bertz CT molecular complexity index is 1230. The number of fused-ring (bicyclic) bond motifs is 2. The maximum Gasteiger partial charge on any atom is 0.254 e. The minimum absolute atomic E-state index is 0.0550. The molecule has 2 amide bonds. The number of carbonyl (C=O) groups is 2. The van der Waals surface area contributed by atoms with Crippen LogP contribution in [0.5, 0.6) is 17.2 Å². The van der Waals surface area contributed by atoms with Crippen LogP contribution in [-0.2, 0) is 11.2 Å². The highest BCUT2D eigenvalue weighted by Gasteiger charge is 2.33. The monoisotopic (exact) mass is 490 g/mol. The zero-order valence-electron chi connectivity index (χ0n) is 19.2. The largest absolute Gasteiger partial charge is 0.491 e. The summed E-state index contributed by atoms with van der Waals surface area (Å²) < 4.78 is 16.8. The first-order valence-corrected chi connectivity index (χ1v) is 12.4. The number of nitrogens with zero attached hydrogens (tertiary/aromatic N) is 2. The maximum atomic E-state index is 13.6. The maximum absolute atomic E-state index is 13.6. The van der Waals surface area contributed by atoms with E-state index < -0.39 is 0 Å². The number of thiophene rings is 1. The molecule has 0 radical (unpaired) electrons. The predicted octanol–water partition coefficient (Wildman–Crippen LogP) is 4.31. The minimum atomic E-state index is -0.262. The van der Waals surface area contributed by atoms with Gasteiger partial charge in [-0.25, -0.2) is 0 Å². The zero-order valence-corrected chi connectivity index (χ0v) is 20.0. The Morgan fingerprint density at radius 3 is 2.80 bits per heavy atom. The minimum Gasteiger partial charge on any atom is -0.491 e. The standard InChI is InChI=1S/C27H26N2O5S/c1-2-12-28(27(31)19-8-9-23-24(15-19)34-18-33-23)16-26(30)29-13-10-25-21(11-14-35-25)22(29)17-32-20-6-4-3-5-7-20/h2-9,11,14-15,22H,1,10,12-13,16-18H2/t22-/m0/s1. The molecule has 2 aromatic carbocycles. The van der Waals surface area contributed by atoms with E-state index in [1.165, 1.54) is 9.78 Å². The molecule has 3 heterocycles. The molecule has 8 heteroatoms. The quantitative estimate of drug-likeness (QED) is 0.440. The van der Waals surface area contributed by atoms with Gasteiger partial charge in [0.2, 0.25) is 12.7 Å². The third-order valence-corrected chi connectivity index (χ3v) is 7.15. The van der Waals surface area contributed by atoms with Gasteiger partial charge in [0.05, 0.1) is 6.04 Å². The van der Waals surface area contributed by atoms with Crippen LogP contribution in [0.3, 0.4) is 0 Å². The molecule has 2 aliphatic rings. The Balaban J connectivity index is 1.33. The summed E-state index contributed by atoms with van der Waals surface area (Å²) in [6.45, 7) is 5.03. The van der Waals surface area contributed by atoms with Crippen LogP contribution in [0.25, 0.3) is 0 Å². The van der Waals surface area contributed by atoms with E-state index in [2.05, 4.69) is 18.0 Å². The number of para-hydroxylation sites is 1. The van der Waals surface area contributed by atoms with Gasteiger partial charge >= 0.3 is 0 Å². The first-order valence-electron chi connectivity index (χ1n) is 11.5. The first kappa shape index (κ1) is 23.0. The van der Waals surface area contributed by atoms with Crippen LogP contribution in [0, 0.1) is 0 Å². The van der Waals surface area contributed by atoms with Crippen molar-refractivity contribution < 1.29 is 23.8 Å². The second-order valence-electron chi connectivity index (χ2n) is 8.32. The fourth-order valence-electron chi connectivity index (χ4n) is 4.41. The predicted molar refractivity (Wildman–Crippen MR) is 133 cm³/mol. The van der Waals surface area contributed by atoms with Gasteiger partial charge in [0.25, 0.3) is 5.91 Å². The molecule has 1 atom stereocenters. The average molecular weight is 491 g/mol. The normalized spacial score (nSPS) is 15.9. The highest BCUT2D eigenvalue weighted by molar-refractivity contribution is 7.10. The van der Waals surface area contributed by atoms with Crippen LogP contribution in [0.1, 0.15) is 26.8 Å². The fourth-order valence-corrected chi connectivity index (χ4v) is 5.34. The molecular weight excluding hydrogens is 464 g/mol. The Morgan fingerprint density at radius 2 is 1.97 bits per heavy atom. The molecule has 35 heavy (non-hydrogen) atoms. The van der Waals surface area contributed by atoms with Crippen molar-refractivity contribution in [2.45, 2.75) is 12.5 Å². The third kappa shape index (κ3) is 4.88. The van der Waals surface area contributed by atoms with Crippen LogP contribution in [0.4, 0.5) is 0 Å². The van der Waals surface area contributed by atoms with E-state index in [0.29, 0.717) is 30.2 Å². The Morgan fingerprint density at radius 1 is 1.14 bits per heavy atom. The second-order valence-corrected chi connectivity index (χ2v) is 9.32. The highest BCUT2D eigenvalue weighted by atomic mass is 32.1. The van der Waals surface area contributed by atoms with Crippen molar-refractivity contribution in [1.82, 2.24) is 9.80 Å². The van der Waals surface area contributed by atoms with Gasteiger partial charge in [-0.3, -0.25) is 9.59 Å². The van der Waals surface area contributed by atoms with E-state index in [1.54, 1.807) is 35.6 Å². The molecule has 3 aromatic rings. The number of carbonyl (C=O) groups excluding carboxylic acids is 2. The lowest BCUT2D eigenvalue weighted by Gasteiger charge is -2.37. The molecule has 2 aliphatic heterocycles. The number of hydrogen-bond acceptors (Lipinski definition) is 6. The van der Waals surface area contributed by atoms with Crippen molar-refractivity contribution in [2.75, 3.05) is 33.0 Å². The van der Waals surface area contributed by atoms with Crippen LogP contribution < -0.4 is 14.2 Å². The Hall–Kier alpha value is -3.78. The van der Waals surface area contributed by atoms with Crippen molar-refractivity contribution in [3.63, 3.8) is 0 Å². The lowest BCUT2D eigenvalue weighted by molar-refractivity contribution is -0.135. The van der Waals surface area contributed by atoms with Crippen molar-refractivity contribution in [3.8, 4) is 17.2 Å². The Kier molecular flexibility index (Phi) is 6.72. The van der Waals surface area contributed by atoms with E-state index in [0.717, 1.165) is 17.7 Å². The lowest BCUT2D eigenvalue weighted by Crippen LogP contribution is -2.47.